The number of ether oxygens (including phenoxy) is 1. The molecule has 0 aliphatic rings. The number of thiophene rings is 1. The van der Waals surface area contributed by atoms with Gasteiger partial charge in [0.1, 0.15) is 9.96 Å². The van der Waals surface area contributed by atoms with Crippen LogP contribution in [0.4, 0.5) is 5.69 Å². The zero-order chi connectivity index (χ0) is 24.9. The van der Waals surface area contributed by atoms with Crippen LogP contribution in [0, 0.1) is 6.92 Å². The maximum Gasteiger partial charge on any atom is 0.344 e. The van der Waals surface area contributed by atoms with Crippen molar-refractivity contribution in [2.24, 2.45) is 5.10 Å². The lowest BCUT2D eigenvalue weighted by molar-refractivity contribution is -0.144. The Morgan fingerprint density at radius 3 is 2.65 bits per heavy atom. The predicted molar refractivity (Wildman–Crippen MR) is 131 cm³/mol. The number of aryl methyl sites for hydroxylation is 1. The zero-order valence-electron chi connectivity index (χ0n) is 18.0. The van der Waals surface area contributed by atoms with Crippen molar-refractivity contribution in [2.75, 3.05) is 4.72 Å². The van der Waals surface area contributed by atoms with Gasteiger partial charge in [0.15, 0.2) is 6.10 Å². The van der Waals surface area contributed by atoms with E-state index in [0.29, 0.717) is 5.56 Å². The van der Waals surface area contributed by atoms with Crippen molar-refractivity contribution >= 4 is 56.7 Å². The third kappa shape index (κ3) is 6.13. The molecule has 0 aliphatic carbocycles. The summed E-state index contributed by atoms with van der Waals surface area (Å²) in [4.78, 5) is 23.9. The summed E-state index contributed by atoms with van der Waals surface area (Å²) in [5, 5.41) is 14.6. The largest absolute Gasteiger partial charge is 0.479 e. The van der Waals surface area contributed by atoms with Crippen molar-refractivity contribution in [1.29, 1.82) is 0 Å². The zero-order valence-corrected chi connectivity index (χ0v) is 20.4. The number of hydrogen-bond acceptors (Lipinski definition) is 7. The van der Waals surface area contributed by atoms with Crippen molar-refractivity contribution in [3.63, 3.8) is 0 Å². The fraction of sp³-hybridized carbons (Fsp3) is 0.136. The Morgan fingerprint density at radius 2 is 1.97 bits per heavy atom. The highest BCUT2D eigenvalue weighted by Crippen LogP contribution is 2.29. The van der Waals surface area contributed by atoms with Gasteiger partial charge in [0.25, 0.3) is 15.9 Å². The SMILES string of the molecule is Cc1ccc(OC(C)C(=O)O)c(C=NNC(=O)c2cccc(Cl)c2NS(=O)(=O)c2cccs2)c1. The van der Waals surface area contributed by atoms with Gasteiger partial charge in [-0.15, -0.1) is 11.3 Å². The number of carboxylic acids is 1. The van der Waals surface area contributed by atoms with Crippen molar-refractivity contribution in [1.82, 2.24) is 5.43 Å². The van der Waals surface area contributed by atoms with E-state index < -0.39 is 28.0 Å². The van der Waals surface area contributed by atoms with Crippen LogP contribution in [0.5, 0.6) is 5.75 Å². The predicted octanol–water partition coefficient (Wildman–Crippen LogP) is 4.13. The van der Waals surface area contributed by atoms with E-state index in [4.69, 9.17) is 21.4 Å². The molecule has 0 spiro atoms. The lowest BCUT2D eigenvalue weighted by Gasteiger charge is -2.13. The van der Waals surface area contributed by atoms with E-state index in [9.17, 15) is 18.0 Å². The summed E-state index contributed by atoms with van der Waals surface area (Å²) in [7, 11) is -3.94. The number of hydrazone groups is 1. The molecule has 0 fully saturated rings. The molecule has 0 bridgehead atoms. The number of carboxylic acid groups (broad SMARTS) is 1. The monoisotopic (exact) mass is 521 g/mol. The number of amides is 1. The number of benzene rings is 2. The van der Waals surface area contributed by atoms with Crippen LogP contribution in [0.2, 0.25) is 5.02 Å². The molecule has 12 heteroatoms. The smallest absolute Gasteiger partial charge is 0.344 e. The van der Waals surface area contributed by atoms with Crippen LogP contribution < -0.4 is 14.9 Å². The summed E-state index contributed by atoms with van der Waals surface area (Å²) in [6, 6.07) is 12.4. The van der Waals surface area contributed by atoms with Gasteiger partial charge in [-0.25, -0.2) is 18.6 Å². The summed E-state index contributed by atoms with van der Waals surface area (Å²) in [5.74, 6) is -1.57. The fourth-order valence-electron chi connectivity index (χ4n) is 2.76. The molecule has 2 aromatic carbocycles. The van der Waals surface area contributed by atoms with E-state index >= 15 is 0 Å². The summed E-state index contributed by atoms with van der Waals surface area (Å²) < 4.78 is 33.1. The van der Waals surface area contributed by atoms with Crippen LogP contribution in [-0.2, 0) is 14.8 Å². The molecule has 1 unspecified atom stereocenters. The van der Waals surface area contributed by atoms with Gasteiger partial charge < -0.3 is 9.84 Å². The maximum atomic E-state index is 12.8. The number of nitrogens with one attached hydrogen (secondary N) is 2. The molecule has 178 valence electrons. The van der Waals surface area contributed by atoms with E-state index in [0.717, 1.165) is 16.9 Å². The molecule has 3 rings (SSSR count). The first-order chi connectivity index (χ1) is 16.1. The quantitative estimate of drug-likeness (QED) is 0.286. The Kier molecular flexibility index (Phi) is 7.92. The number of sulfonamides is 1. The van der Waals surface area contributed by atoms with Crippen LogP contribution in [0.1, 0.15) is 28.4 Å². The minimum absolute atomic E-state index is 0.0359. The standard InChI is InChI=1S/C22H20ClN3O6S2/c1-13-8-9-18(32-14(2)22(28)29)15(11-13)12-24-25-21(27)16-5-3-6-17(23)20(16)26-34(30,31)19-7-4-10-33-19/h3-12,14,26H,1-2H3,(H,25,27)(H,28,29). The van der Waals surface area contributed by atoms with E-state index in [1.165, 1.54) is 37.4 Å². The summed E-state index contributed by atoms with van der Waals surface area (Å²) in [5.41, 5.74) is 3.51. The van der Waals surface area contributed by atoms with Crippen molar-refractivity contribution in [3.05, 3.63) is 75.6 Å². The fourth-order valence-corrected chi connectivity index (χ4v) is 5.13. The normalized spacial score (nSPS) is 12.3. The van der Waals surface area contributed by atoms with Gasteiger partial charge in [-0.3, -0.25) is 9.52 Å². The average Bonchev–Trinajstić information content (AvgIpc) is 3.32. The molecule has 1 amide bonds. The molecule has 1 atom stereocenters. The number of carbonyl (C=O) groups is 2. The summed E-state index contributed by atoms with van der Waals surface area (Å²) >= 11 is 7.20. The third-order valence-corrected chi connectivity index (χ3v) is 7.50. The number of anilines is 1. The topological polar surface area (TPSA) is 134 Å². The number of rotatable bonds is 9. The minimum Gasteiger partial charge on any atom is -0.479 e. The molecule has 34 heavy (non-hydrogen) atoms. The van der Waals surface area contributed by atoms with E-state index in [-0.39, 0.29) is 26.2 Å². The molecular formula is C22H20ClN3O6S2. The molecule has 9 nitrogen and oxygen atoms in total. The summed E-state index contributed by atoms with van der Waals surface area (Å²) in [6.07, 6.45) is 0.212. The molecule has 0 saturated carbocycles. The first-order valence-electron chi connectivity index (χ1n) is 9.77. The van der Waals surface area contributed by atoms with Gasteiger partial charge in [0.05, 0.1) is 22.5 Å². The van der Waals surface area contributed by atoms with Crippen LogP contribution >= 0.6 is 22.9 Å². The minimum atomic E-state index is -3.94. The molecule has 0 aliphatic heterocycles. The third-order valence-electron chi connectivity index (χ3n) is 4.44. The molecule has 0 saturated heterocycles. The van der Waals surface area contributed by atoms with Crippen molar-refractivity contribution in [3.8, 4) is 5.75 Å². The number of halogens is 1. The van der Waals surface area contributed by atoms with Gasteiger partial charge in [0, 0.05) is 5.56 Å². The molecular weight excluding hydrogens is 502 g/mol. The van der Waals surface area contributed by atoms with Crippen LogP contribution in [0.3, 0.4) is 0 Å². The van der Waals surface area contributed by atoms with Gasteiger partial charge >= 0.3 is 5.97 Å². The average molecular weight is 522 g/mol. The molecule has 3 aromatic rings. The lowest BCUT2D eigenvalue weighted by atomic mass is 10.1. The highest BCUT2D eigenvalue weighted by atomic mass is 35.5. The first-order valence-corrected chi connectivity index (χ1v) is 12.5. The van der Waals surface area contributed by atoms with E-state index in [1.54, 1.807) is 29.6 Å². The van der Waals surface area contributed by atoms with Gasteiger partial charge in [-0.05, 0) is 49.6 Å². The second kappa shape index (κ2) is 10.7. The highest BCUT2D eigenvalue weighted by molar-refractivity contribution is 7.94. The molecule has 1 heterocycles. The van der Waals surface area contributed by atoms with Crippen molar-refractivity contribution < 1.29 is 27.9 Å². The molecule has 0 radical (unpaired) electrons. The first kappa shape index (κ1) is 25.2. The van der Waals surface area contributed by atoms with Gasteiger partial charge in [-0.2, -0.15) is 5.10 Å². The van der Waals surface area contributed by atoms with Crippen LogP contribution in [-0.4, -0.2) is 37.7 Å². The number of aliphatic carboxylic acids is 1. The number of carbonyl (C=O) groups excluding carboxylic acids is 1. The second-order valence-corrected chi connectivity index (χ2v) is 10.3. The molecule has 1 aromatic heterocycles. The van der Waals surface area contributed by atoms with Crippen LogP contribution in [0.25, 0.3) is 0 Å². The number of hydrogen-bond donors (Lipinski definition) is 3. The molecule has 3 N–H and O–H groups in total. The summed E-state index contributed by atoms with van der Waals surface area (Å²) in [6.45, 7) is 3.22. The highest BCUT2D eigenvalue weighted by Gasteiger charge is 2.22. The Balaban J connectivity index is 1.82. The van der Waals surface area contributed by atoms with E-state index in [2.05, 4.69) is 15.2 Å². The Morgan fingerprint density at radius 1 is 1.21 bits per heavy atom. The van der Waals surface area contributed by atoms with Gasteiger partial charge in [0.2, 0.25) is 0 Å². The Hall–Kier alpha value is -3.41. The Bertz CT molecular complexity index is 1340. The Labute approximate surface area is 205 Å². The second-order valence-electron chi connectivity index (χ2n) is 7.04. The lowest BCUT2D eigenvalue weighted by Crippen LogP contribution is -2.23. The van der Waals surface area contributed by atoms with Crippen molar-refractivity contribution in [2.45, 2.75) is 24.2 Å². The van der Waals surface area contributed by atoms with E-state index in [1.807, 2.05) is 6.92 Å². The number of nitrogens with zero attached hydrogens (tertiary/aromatic N) is 1. The van der Waals surface area contributed by atoms with Gasteiger partial charge in [-0.1, -0.05) is 35.4 Å². The van der Waals surface area contributed by atoms with Crippen LogP contribution in [0.15, 0.2) is 63.2 Å². The maximum absolute atomic E-state index is 12.8. The number of para-hydroxylation sites is 1.